The van der Waals surface area contributed by atoms with Crippen LogP contribution in [0.1, 0.15) is 42.1 Å². The molecule has 1 aromatic heterocycles. The average Bonchev–Trinajstić information content (AvgIpc) is 3.28. The first-order valence-electron chi connectivity index (χ1n) is 11.5. The number of esters is 1. The zero-order chi connectivity index (χ0) is 23.8. The van der Waals surface area contributed by atoms with Gasteiger partial charge in [0.25, 0.3) is 0 Å². The Bertz CT molecular complexity index is 1300. The lowest BCUT2D eigenvalue weighted by Gasteiger charge is -2.34. The number of nitrogens with one attached hydrogen (secondary N) is 1. The van der Waals surface area contributed by atoms with E-state index in [1.165, 1.54) is 0 Å². The van der Waals surface area contributed by atoms with E-state index < -0.39 is 5.97 Å². The molecule has 0 saturated carbocycles. The zero-order valence-electron chi connectivity index (χ0n) is 18.8. The minimum Gasteiger partial charge on any atom is -0.481 e. The Morgan fingerprint density at radius 3 is 2.85 bits per heavy atom. The number of aromatic nitrogens is 1. The van der Waals surface area contributed by atoms with Gasteiger partial charge in [0.2, 0.25) is 0 Å². The summed E-state index contributed by atoms with van der Waals surface area (Å²) in [5.74, 6) is -1.05. The summed E-state index contributed by atoms with van der Waals surface area (Å²) in [6.45, 7) is 3.47. The van der Waals surface area contributed by atoms with Gasteiger partial charge < -0.3 is 24.6 Å². The summed E-state index contributed by atoms with van der Waals surface area (Å²) >= 11 is 0. The Kier molecular flexibility index (Phi) is 5.69. The number of hydrogen-bond acceptors (Lipinski definition) is 8. The van der Waals surface area contributed by atoms with Crippen LogP contribution in [0.3, 0.4) is 0 Å². The van der Waals surface area contributed by atoms with Crippen molar-refractivity contribution in [2.75, 3.05) is 36.5 Å². The van der Waals surface area contributed by atoms with E-state index in [2.05, 4.69) is 15.4 Å². The fourth-order valence-electron chi connectivity index (χ4n) is 4.88. The maximum atomic E-state index is 13.5. The van der Waals surface area contributed by atoms with Gasteiger partial charge in [0, 0.05) is 36.4 Å². The summed E-state index contributed by atoms with van der Waals surface area (Å²) in [5, 5.41) is 17.2. The van der Waals surface area contributed by atoms with Crippen molar-refractivity contribution in [3.8, 4) is 11.3 Å². The molecule has 1 fully saturated rings. The molecule has 2 aliphatic rings. The van der Waals surface area contributed by atoms with E-state index in [0.717, 1.165) is 18.5 Å². The quantitative estimate of drug-likeness (QED) is 0.395. The number of piperidine rings is 1. The molecular formula is C25H25N3O6. The average molecular weight is 463 g/mol. The Hall–Kier alpha value is -3.88. The number of ketones is 1. The van der Waals surface area contributed by atoms with Crippen molar-refractivity contribution < 1.29 is 28.8 Å². The molecule has 1 aliphatic carbocycles. The third-order valence-electron chi connectivity index (χ3n) is 6.41. The Morgan fingerprint density at radius 1 is 1.29 bits per heavy atom. The summed E-state index contributed by atoms with van der Waals surface area (Å²) < 4.78 is 11.0. The van der Waals surface area contributed by atoms with Crippen molar-refractivity contribution in [1.82, 2.24) is 5.16 Å². The number of fused-ring (bicyclic) bond motifs is 2. The van der Waals surface area contributed by atoms with E-state index in [1.54, 1.807) is 19.1 Å². The van der Waals surface area contributed by atoms with Gasteiger partial charge in [-0.1, -0.05) is 29.4 Å². The summed E-state index contributed by atoms with van der Waals surface area (Å²) in [7, 11) is 0. The van der Waals surface area contributed by atoms with Crippen molar-refractivity contribution in [3.63, 3.8) is 0 Å². The maximum Gasteiger partial charge on any atom is 0.310 e. The molecule has 34 heavy (non-hydrogen) atoms. The minimum atomic E-state index is -0.932. The fourth-order valence-corrected chi connectivity index (χ4v) is 4.88. The molecule has 0 bridgehead atoms. The first kappa shape index (κ1) is 21.9. The lowest BCUT2D eigenvalue weighted by molar-refractivity contribution is -0.148. The van der Waals surface area contributed by atoms with Crippen molar-refractivity contribution in [2.24, 2.45) is 5.92 Å². The standard InChI is InChI=1S/C25H25N3O6/c1-2-33-25(32)14-6-5-11-28(13-14)18-12-17(26-10-9-19(29)30)20-21-22(18)27-34-24(21)16-8-4-3-7-15(16)23(20)31/h3-4,7-8,12,14,26H,2,5-6,9-11,13H2,1H3,(H,29,30)/t14-/m1/s1. The lowest BCUT2D eigenvalue weighted by atomic mass is 9.86. The Morgan fingerprint density at radius 2 is 2.09 bits per heavy atom. The second-order valence-electron chi connectivity index (χ2n) is 8.54. The molecular weight excluding hydrogens is 438 g/mol. The molecule has 1 aliphatic heterocycles. The van der Waals surface area contributed by atoms with E-state index >= 15 is 0 Å². The number of carboxylic acids is 1. The molecule has 176 valence electrons. The summed E-state index contributed by atoms with van der Waals surface area (Å²) in [5.41, 5.74) is 3.46. The first-order chi connectivity index (χ1) is 16.5. The molecule has 0 amide bonds. The summed E-state index contributed by atoms with van der Waals surface area (Å²) in [6.07, 6.45) is 1.46. The largest absolute Gasteiger partial charge is 0.481 e. The van der Waals surface area contributed by atoms with Crippen LogP contribution in [-0.2, 0) is 14.3 Å². The predicted molar refractivity (Wildman–Crippen MR) is 125 cm³/mol. The van der Waals surface area contributed by atoms with Crippen LogP contribution < -0.4 is 10.2 Å². The van der Waals surface area contributed by atoms with Crippen molar-refractivity contribution in [2.45, 2.75) is 26.2 Å². The maximum absolute atomic E-state index is 13.5. The number of carbonyl (C=O) groups excluding carboxylic acids is 2. The molecule has 9 nitrogen and oxygen atoms in total. The topological polar surface area (TPSA) is 122 Å². The van der Waals surface area contributed by atoms with Gasteiger partial charge in [-0.3, -0.25) is 14.4 Å². The van der Waals surface area contributed by atoms with Crippen molar-refractivity contribution in [1.29, 1.82) is 0 Å². The molecule has 3 aromatic rings. The zero-order valence-corrected chi connectivity index (χ0v) is 18.8. The van der Waals surface area contributed by atoms with Crippen molar-refractivity contribution >= 4 is 40.0 Å². The van der Waals surface area contributed by atoms with Crippen LogP contribution in [0.4, 0.5) is 11.4 Å². The van der Waals surface area contributed by atoms with Crippen LogP contribution in [0, 0.1) is 5.92 Å². The van der Waals surface area contributed by atoms with Crippen LogP contribution in [0.5, 0.6) is 0 Å². The first-order valence-corrected chi connectivity index (χ1v) is 11.5. The number of rotatable bonds is 7. The Labute approximate surface area is 195 Å². The number of nitrogens with zero attached hydrogens (tertiary/aromatic N) is 2. The highest BCUT2D eigenvalue weighted by molar-refractivity contribution is 6.28. The molecule has 2 aromatic carbocycles. The molecule has 5 rings (SSSR count). The minimum absolute atomic E-state index is 0.0945. The second kappa shape index (κ2) is 8.81. The number of benzene rings is 2. The number of carboxylic acid groups (broad SMARTS) is 1. The fraction of sp³-hybridized carbons (Fsp3) is 0.360. The SMILES string of the molecule is CCOC(=O)[C@@H]1CCCN(c2cc(NCCC(=O)O)c3c4c(onc24)-c2ccccc2C3=O)C1. The normalized spacial score (nSPS) is 16.9. The van der Waals surface area contributed by atoms with E-state index in [-0.39, 0.29) is 30.6 Å². The molecule has 1 saturated heterocycles. The smallest absolute Gasteiger partial charge is 0.310 e. The number of aliphatic carboxylic acids is 1. The molecule has 0 spiro atoms. The highest BCUT2D eigenvalue weighted by Gasteiger charge is 2.35. The van der Waals surface area contributed by atoms with Gasteiger partial charge in [0.1, 0.15) is 5.52 Å². The highest BCUT2D eigenvalue weighted by Crippen LogP contribution is 2.46. The summed E-state index contributed by atoms with van der Waals surface area (Å²) in [4.78, 5) is 39.1. The molecule has 2 N–H and O–H groups in total. The third kappa shape index (κ3) is 3.67. The molecule has 0 radical (unpaired) electrons. The molecule has 2 heterocycles. The van der Waals surface area contributed by atoms with E-state index in [9.17, 15) is 14.4 Å². The van der Waals surface area contributed by atoms with Crippen LogP contribution in [0.15, 0.2) is 34.9 Å². The van der Waals surface area contributed by atoms with Gasteiger partial charge in [-0.2, -0.15) is 0 Å². The van der Waals surface area contributed by atoms with Gasteiger partial charge >= 0.3 is 11.9 Å². The van der Waals surface area contributed by atoms with E-state index in [4.69, 9.17) is 14.4 Å². The highest BCUT2D eigenvalue weighted by atomic mass is 16.5. The third-order valence-corrected chi connectivity index (χ3v) is 6.41. The van der Waals surface area contributed by atoms with Crippen molar-refractivity contribution in [3.05, 3.63) is 41.5 Å². The second-order valence-corrected chi connectivity index (χ2v) is 8.54. The van der Waals surface area contributed by atoms with Gasteiger partial charge in [0.05, 0.1) is 35.6 Å². The van der Waals surface area contributed by atoms with Crippen LogP contribution in [0.2, 0.25) is 0 Å². The number of ether oxygens (including phenoxy) is 1. The van der Waals surface area contributed by atoms with E-state index in [0.29, 0.717) is 58.7 Å². The summed E-state index contributed by atoms with van der Waals surface area (Å²) in [6, 6.07) is 9.04. The van der Waals surface area contributed by atoms with Crippen LogP contribution >= 0.6 is 0 Å². The van der Waals surface area contributed by atoms with Crippen LogP contribution in [0.25, 0.3) is 22.2 Å². The van der Waals surface area contributed by atoms with Gasteiger partial charge in [-0.15, -0.1) is 0 Å². The van der Waals surface area contributed by atoms with Crippen LogP contribution in [-0.4, -0.2) is 54.2 Å². The van der Waals surface area contributed by atoms with Gasteiger partial charge in [-0.05, 0) is 25.8 Å². The lowest BCUT2D eigenvalue weighted by Crippen LogP contribution is -2.39. The van der Waals surface area contributed by atoms with Gasteiger partial charge in [-0.25, -0.2) is 0 Å². The monoisotopic (exact) mass is 463 g/mol. The molecule has 0 unspecified atom stereocenters. The number of hydrogen-bond donors (Lipinski definition) is 2. The Balaban J connectivity index is 1.63. The number of anilines is 2. The molecule has 1 atom stereocenters. The number of carbonyl (C=O) groups is 3. The van der Waals surface area contributed by atoms with E-state index in [1.807, 2.05) is 18.2 Å². The van der Waals surface area contributed by atoms with Gasteiger partial charge in [0.15, 0.2) is 11.5 Å². The molecule has 9 heteroatoms. The predicted octanol–water partition coefficient (Wildman–Crippen LogP) is 3.71.